The van der Waals surface area contributed by atoms with Crippen molar-refractivity contribution < 1.29 is 13.6 Å². The number of anilines is 1. The van der Waals surface area contributed by atoms with Crippen LogP contribution in [-0.2, 0) is 4.79 Å². The van der Waals surface area contributed by atoms with Crippen LogP contribution in [-0.4, -0.2) is 36.5 Å². The number of nitrogens with zero attached hydrogens (tertiary/aromatic N) is 1. The summed E-state index contributed by atoms with van der Waals surface area (Å²) in [5.41, 5.74) is 5.88. The summed E-state index contributed by atoms with van der Waals surface area (Å²) >= 11 is 0. The fourth-order valence-corrected chi connectivity index (χ4v) is 2.25. The highest BCUT2D eigenvalue weighted by molar-refractivity contribution is 5.92. The third-order valence-electron chi connectivity index (χ3n) is 3.52. The fourth-order valence-electron chi connectivity index (χ4n) is 2.25. The average Bonchev–Trinajstić information content (AvgIpc) is 2.39. The Bertz CT molecular complexity index is 499. The number of rotatable bonds is 3. The molecule has 0 aliphatic carbocycles. The maximum atomic E-state index is 13.6. The SMILES string of the molecule is Cc1cc(F)c(NC(=O)CN2CCC(N)CC2)cc1F. The Morgan fingerprint density at radius 1 is 1.35 bits per heavy atom. The highest BCUT2D eigenvalue weighted by Crippen LogP contribution is 2.19. The van der Waals surface area contributed by atoms with Gasteiger partial charge in [0, 0.05) is 25.2 Å². The minimum Gasteiger partial charge on any atom is -0.328 e. The molecule has 1 aromatic rings. The van der Waals surface area contributed by atoms with Crippen LogP contribution in [0.5, 0.6) is 0 Å². The highest BCUT2D eigenvalue weighted by atomic mass is 19.1. The van der Waals surface area contributed by atoms with Crippen molar-refractivity contribution in [2.45, 2.75) is 25.8 Å². The molecule has 1 aliphatic rings. The molecule has 1 heterocycles. The van der Waals surface area contributed by atoms with E-state index in [-0.39, 0.29) is 29.7 Å². The predicted octanol–water partition coefficient (Wildman–Crippen LogP) is 1.63. The second-order valence-corrected chi connectivity index (χ2v) is 5.24. The van der Waals surface area contributed by atoms with Gasteiger partial charge in [-0.1, -0.05) is 0 Å². The van der Waals surface area contributed by atoms with E-state index in [9.17, 15) is 13.6 Å². The van der Waals surface area contributed by atoms with Crippen molar-refractivity contribution in [2.75, 3.05) is 25.0 Å². The minimum atomic E-state index is -0.627. The van der Waals surface area contributed by atoms with Gasteiger partial charge >= 0.3 is 0 Å². The third-order valence-corrected chi connectivity index (χ3v) is 3.52. The number of hydrogen-bond acceptors (Lipinski definition) is 3. The molecule has 0 saturated carbocycles. The topological polar surface area (TPSA) is 58.4 Å². The summed E-state index contributed by atoms with van der Waals surface area (Å²) in [6, 6.07) is 2.28. The Morgan fingerprint density at radius 3 is 2.65 bits per heavy atom. The number of nitrogens with two attached hydrogens (primary N) is 1. The number of carbonyl (C=O) groups is 1. The number of nitrogens with one attached hydrogen (secondary N) is 1. The van der Waals surface area contributed by atoms with Gasteiger partial charge in [-0.05, 0) is 31.4 Å². The fraction of sp³-hybridized carbons (Fsp3) is 0.500. The smallest absolute Gasteiger partial charge is 0.238 e. The summed E-state index contributed by atoms with van der Waals surface area (Å²) < 4.78 is 27.0. The highest BCUT2D eigenvalue weighted by Gasteiger charge is 2.19. The first kappa shape index (κ1) is 14.9. The number of hydrogen-bond donors (Lipinski definition) is 2. The zero-order valence-electron chi connectivity index (χ0n) is 11.5. The molecule has 1 fully saturated rings. The maximum absolute atomic E-state index is 13.6. The molecule has 1 aliphatic heterocycles. The van der Waals surface area contributed by atoms with Gasteiger partial charge < -0.3 is 11.1 Å². The van der Waals surface area contributed by atoms with Gasteiger partial charge in [0.25, 0.3) is 0 Å². The van der Waals surface area contributed by atoms with Crippen LogP contribution in [0.1, 0.15) is 18.4 Å². The summed E-state index contributed by atoms with van der Waals surface area (Å²) in [5, 5.41) is 2.41. The van der Waals surface area contributed by atoms with Crippen molar-refractivity contribution >= 4 is 11.6 Å². The first-order valence-corrected chi connectivity index (χ1v) is 6.69. The number of amides is 1. The minimum absolute atomic E-state index is 0.119. The van der Waals surface area contributed by atoms with Crippen LogP contribution in [0.4, 0.5) is 14.5 Å². The number of benzene rings is 1. The molecule has 0 radical (unpaired) electrons. The van der Waals surface area contributed by atoms with Crippen LogP contribution in [0.25, 0.3) is 0 Å². The van der Waals surface area contributed by atoms with Crippen LogP contribution in [0.2, 0.25) is 0 Å². The van der Waals surface area contributed by atoms with E-state index >= 15 is 0 Å². The third kappa shape index (κ3) is 3.74. The summed E-state index contributed by atoms with van der Waals surface area (Å²) in [7, 11) is 0. The molecule has 0 aromatic heterocycles. The molecule has 1 saturated heterocycles. The lowest BCUT2D eigenvalue weighted by atomic mass is 10.1. The lowest BCUT2D eigenvalue weighted by Gasteiger charge is -2.29. The molecule has 0 spiro atoms. The molecule has 110 valence electrons. The number of piperidine rings is 1. The molecular formula is C14H19F2N3O. The van der Waals surface area contributed by atoms with Crippen molar-refractivity contribution in [2.24, 2.45) is 5.73 Å². The summed E-state index contributed by atoms with van der Waals surface area (Å²) in [6.07, 6.45) is 1.70. The Balaban J connectivity index is 1.93. The van der Waals surface area contributed by atoms with E-state index in [1.54, 1.807) is 0 Å². The van der Waals surface area contributed by atoms with Crippen molar-refractivity contribution in [1.82, 2.24) is 4.90 Å². The number of aryl methyl sites for hydroxylation is 1. The second kappa shape index (κ2) is 6.28. The Morgan fingerprint density at radius 2 is 2.00 bits per heavy atom. The molecule has 20 heavy (non-hydrogen) atoms. The Kier molecular flexibility index (Phi) is 4.67. The van der Waals surface area contributed by atoms with Crippen molar-refractivity contribution in [3.8, 4) is 0 Å². The largest absolute Gasteiger partial charge is 0.328 e. The second-order valence-electron chi connectivity index (χ2n) is 5.24. The van der Waals surface area contributed by atoms with E-state index in [1.165, 1.54) is 6.92 Å². The van der Waals surface area contributed by atoms with E-state index in [1.807, 2.05) is 4.90 Å². The standard InChI is InChI=1S/C14H19F2N3O/c1-9-6-12(16)13(7-11(9)15)18-14(20)8-19-4-2-10(17)3-5-19/h6-7,10H,2-5,8,17H2,1H3,(H,18,20). The van der Waals surface area contributed by atoms with E-state index in [4.69, 9.17) is 5.73 Å². The number of likely N-dealkylation sites (tertiary alicyclic amines) is 1. The molecule has 0 atom stereocenters. The summed E-state index contributed by atoms with van der Waals surface area (Å²) in [4.78, 5) is 13.8. The number of carbonyl (C=O) groups excluding carboxylic acids is 1. The molecule has 0 bridgehead atoms. The van der Waals surface area contributed by atoms with Gasteiger partial charge in [0.05, 0.1) is 12.2 Å². The molecule has 2 rings (SSSR count). The first-order chi connectivity index (χ1) is 9.45. The normalized spacial score (nSPS) is 17.2. The van der Waals surface area contributed by atoms with Crippen LogP contribution >= 0.6 is 0 Å². The summed E-state index contributed by atoms with van der Waals surface area (Å²) in [6.45, 7) is 3.14. The lowest BCUT2D eigenvalue weighted by Crippen LogP contribution is -2.43. The van der Waals surface area contributed by atoms with Gasteiger partial charge in [0.15, 0.2) is 0 Å². The van der Waals surface area contributed by atoms with E-state index in [2.05, 4.69) is 5.32 Å². The van der Waals surface area contributed by atoms with Crippen LogP contribution in [0.15, 0.2) is 12.1 Å². The Labute approximate surface area is 116 Å². The summed E-state index contributed by atoms with van der Waals surface area (Å²) in [5.74, 6) is -1.51. The van der Waals surface area contributed by atoms with Crippen molar-refractivity contribution in [1.29, 1.82) is 0 Å². The van der Waals surface area contributed by atoms with Crippen LogP contribution in [0, 0.1) is 18.6 Å². The molecular weight excluding hydrogens is 264 g/mol. The van der Waals surface area contributed by atoms with Crippen molar-refractivity contribution in [3.63, 3.8) is 0 Å². The van der Waals surface area contributed by atoms with Gasteiger partial charge in [-0.3, -0.25) is 9.69 Å². The van der Waals surface area contributed by atoms with E-state index < -0.39 is 11.6 Å². The average molecular weight is 283 g/mol. The van der Waals surface area contributed by atoms with E-state index in [0.717, 1.165) is 38.1 Å². The van der Waals surface area contributed by atoms with Gasteiger partial charge in [-0.15, -0.1) is 0 Å². The molecule has 4 nitrogen and oxygen atoms in total. The van der Waals surface area contributed by atoms with Crippen molar-refractivity contribution in [3.05, 3.63) is 29.3 Å². The number of halogens is 2. The quantitative estimate of drug-likeness (QED) is 0.886. The lowest BCUT2D eigenvalue weighted by molar-refractivity contribution is -0.117. The van der Waals surface area contributed by atoms with Gasteiger partial charge in [0.1, 0.15) is 11.6 Å². The predicted molar refractivity (Wildman–Crippen MR) is 73.4 cm³/mol. The zero-order valence-corrected chi connectivity index (χ0v) is 11.5. The first-order valence-electron chi connectivity index (χ1n) is 6.69. The molecule has 1 aromatic carbocycles. The van der Waals surface area contributed by atoms with E-state index in [0.29, 0.717) is 0 Å². The van der Waals surface area contributed by atoms with Gasteiger partial charge in [-0.2, -0.15) is 0 Å². The molecule has 1 amide bonds. The molecule has 3 N–H and O–H groups in total. The van der Waals surface area contributed by atoms with Gasteiger partial charge in [0.2, 0.25) is 5.91 Å². The Hall–Kier alpha value is -1.53. The zero-order chi connectivity index (χ0) is 14.7. The maximum Gasteiger partial charge on any atom is 0.238 e. The molecule has 0 unspecified atom stereocenters. The van der Waals surface area contributed by atoms with Crippen LogP contribution in [0.3, 0.4) is 0 Å². The monoisotopic (exact) mass is 283 g/mol. The molecule has 6 heteroatoms. The van der Waals surface area contributed by atoms with Crippen LogP contribution < -0.4 is 11.1 Å². The van der Waals surface area contributed by atoms with Gasteiger partial charge in [-0.25, -0.2) is 8.78 Å².